The molecule has 0 aliphatic carbocycles. The van der Waals surface area contributed by atoms with Gasteiger partial charge in [-0.1, -0.05) is 42.5 Å². The van der Waals surface area contributed by atoms with Crippen LogP contribution in [-0.4, -0.2) is 46.7 Å². The summed E-state index contributed by atoms with van der Waals surface area (Å²) in [5.41, 5.74) is 2.44. The number of fused-ring (bicyclic) bond motifs is 1. The second-order valence-electron chi connectivity index (χ2n) is 8.32. The van der Waals surface area contributed by atoms with Crippen LogP contribution in [0.5, 0.6) is 0 Å². The molecule has 32 heavy (non-hydrogen) atoms. The third kappa shape index (κ3) is 4.54. The Labute approximate surface area is 188 Å². The fourth-order valence-electron chi connectivity index (χ4n) is 4.02. The molecular formula is C23H29N5O3S. The molecule has 1 saturated heterocycles. The van der Waals surface area contributed by atoms with Gasteiger partial charge in [-0.2, -0.15) is 4.31 Å². The lowest BCUT2D eigenvalue weighted by Crippen LogP contribution is -2.42. The molecule has 0 radical (unpaired) electrons. The van der Waals surface area contributed by atoms with Crippen molar-refractivity contribution in [2.24, 2.45) is 5.92 Å². The van der Waals surface area contributed by atoms with Crippen LogP contribution in [0.2, 0.25) is 0 Å². The molecule has 8 nitrogen and oxygen atoms in total. The molecule has 2 aromatic carbocycles. The van der Waals surface area contributed by atoms with E-state index >= 15 is 0 Å². The number of carbonyl (C=O) groups excluding carboxylic acids is 1. The highest BCUT2D eigenvalue weighted by Gasteiger charge is 2.32. The van der Waals surface area contributed by atoms with Gasteiger partial charge in [0.2, 0.25) is 15.9 Å². The van der Waals surface area contributed by atoms with Gasteiger partial charge in [0.25, 0.3) is 0 Å². The van der Waals surface area contributed by atoms with Gasteiger partial charge in [-0.05, 0) is 49.9 Å². The van der Waals surface area contributed by atoms with Crippen molar-refractivity contribution >= 4 is 27.0 Å². The van der Waals surface area contributed by atoms with Gasteiger partial charge >= 0.3 is 0 Å². The van der Waals surface area contributed by atoms with E-state index in [0.717, 1.165) is 17.5 Å². The molecule has 1 fully saturated rings. The van der Waals surface area contributed by atoms with Crippen molar-refractivity contribution in [3.05, 3.63) is 54.1 Å². The molecule has 9 heteroatoms. The number of amides is 1. The Kier molecular flexibility index (Phi) is 6.57. The van der Waals surface area contributed by atoms with Crippen LogP contribution in [0.25, 0.3) is 11.0 Å². The van der Waals surface area contributed by atoms with Crippen LogP contribution in [0.3, 0.4) is 0 Å². The van der Waals surface area contributed by atoms with Gasteiger partial charge in [-0.15, -0.1) is 5.10 Å². The first kappa shape index (κ1) is 22.4. The third-order valence-corrected chi connectivity index (χ3v) is 8.12. The lowest BCUT2D eigenvalue weighted by atomic mass is 9.97. The van der Waals surface area contributed by atoms with Gasteiger partial charge < -0.3 is 5.32 Å². The normalized spacial score (nSPS) is 16.8. The van der Waals surface area contributed by atoms with E-state index in [-0.39, 0.29) is 22.8 Å². The zero-order valence-corrected chi connectivity index (χ0v) is 19.3. The summed E-state index contributed by atoms with van der Waals surface area (Å²) >= 11 is 0. The average Bonchev–Trinajstić information content (AvgIpc) is 3.26. The van der Waals surface area contributed by atoms with Crippen molar-refractivity contribution in [2.45, 2.75) is 50.6 Å². The van der Waals surface area contributed by atoms with Gasteiger partial charge in [-0.25, -0.2) is 13.1 Å². The number of carbonyl (C=O) groups is 1. The fourth-order valence-corrected chi connectivity index (χ4v) is 5.51. The van der Waals surface area contributed by atoms with Crippen molar-refractivity contribution in [2.75, 3.05) is 13.1 Å². The predicted octanol–water partition coefficient (Wildman–Crippen LogP) is 3.12. The Morgan fingerprint density at radius 3 is 2.56 bits per heavy atom. The quantitative estimate of drug-likeness (QED) is 0.590. The summed E-state index contributed by atoms with van der Waals surface area (Å²) in [4.78, 5) is 12.7. The van der Waals surface area contributed by atoms with Crippen molar-refractivity contribution < 1.29 is 13.2 Å². The number of piperidine rings is 1. The Morgan fingerprint density at radius 2 is 1.88 bits per heavy atom. The molecule has 170 valence electrons. The van der Waals surface area contributed by atoms with Crippen molar-refractivity contribution in [1.82, 2.24) is 24.6 Å². The molecule has 1 atom stereocenters. The molecule has 4 rings (SSSR count). The van der Waals surface area contributed by atoms with Crippen molar-refractivity contribution in [3.63, 3.8) is 0 Å². The molecule has 1 N–H and O–H groups in total. The number of hydrogen-bond acceptors (Lipinski definition) is 5. The maximum absolute atomic E-state index is 13.2. The summed E-state index contributed by atoms with van der Waals surface area (Å²) < 4.78 is 29.7. The molecule has 2 heterocycles. The summed E-state index contributed by atoms with van der Waals surface area (Å²) in [6, 6.07) is 14.9. The molecule has 0 bridgehead atoms. The van der Waals surface area contributed by atoms with Gasteiger partial charge in [0.05, 0.1) is 16.5 Å². The number of hydrogen-bond donors (Lipinski definition) is 1. The predicted molar refractivity (Wildman–Crippen MR) is 122 cm³/mol. The minimum absolute atomic E-state index is 0.0195. The van der Waals surface area contributed by atoms with Crippen LogP contribution in [0.15, 0.2) is 53.4 Å². The highest BCUT2D eigenvalue weighted by atomic mass is 32.2. The van der Waals surface area contributed by atoms with Crippen LogP contribution in [0, 0.1) is 5.92 Å². The third-order valence-electron chi connectivity index (χ3n) is 6.22. The van der Waals surface area contributed by atoms with E-state index in [9.17, 15) is 13.2 Å². The van der Waals surface area contributed by atoms with Crippen molar-refractivity contribution in [3.8, 4) is 0 Å². The number of nitrogens with zero attached hydrogens (tertiary/aromatic N) is 4. The summed E-state index contributed by atoms with van der Waals surface area (Å²) in [5.74, 6) is -0.197. The molecule has 1 aromatic heterocycles. The van der Waals surface area contributed by atoms with E-state index in [1.54, 1.807) is 18.2 Å². The molecular weight excluding hydrogens is 426 g/mol. The Hall–Kier alpha value is -2.78. The topological polar surface area (TPSA) is 97.2 Å². The zero-order chi connectivity index (χ0) is 22.7. The Balaban J connectivity index is 1.39. The molecule has 1 aliphatic rings. The highest BCUT2D eigenvalue weighted by molar-refractivity contribution is 7.89. The molecule has 1 amide bonds. The summed E-state index contributed by atoms with van der Waals surface area (Å²) in [5, 5.41) is 11.3. The summed E-state index contributed by atoms with van der Waals surface area (Å²) in [7, 11) is -3.65. The van der Waals surface area contributed by atoms with E-state index in [1.165, 1.54) is 4.31 Å². The first-order chi connectivity index (χ1) is 15.4. The SMILES string of the molecule is CC[C@@H](C)n1nnc2cc(S(=O)(=O)N3CCC(C(=O)NCc4ccccc4)CC3)ccc21. The maximum Gasteiger partial charge on any atom is 0.243 e. The van der Waals surface area contributed by atoms with E-state index in [2.05, 4.69) is 29.5 Å². The molecule has 1 aliphatic heterocycles. The number of aromatic nitrogens is 3. The minimum Gasteiger partial charge on any atom is -0.352 e. The van der Waals surface area contributed by atoms with Gasteiger partial charge in [0, 0.05) is 25.6 Å². The zero-order valence-electron chi connectivity index (χ0n) is 18.4. The maximum atomic E-state index is 13.2. The van der Waals surface area contributed by atoms with Crippen molar-refractivity contribution in [1.29, 1.82) is 0 Å². The van der Waals surface area contributed by atoms with Gasteiger partial charge in [0.15, 0.2) is 0 Å². The van der Waals surface area contributed by atoms with Gasteiger partial charge in [-0.3, -0.25) is 4.79 Å². The Morgan fingerprint density at radius 1 is 1.16 bits per heavy atom. The summed E-state index contributed by atoms with van der Waals surface area (Å²) in [6.45, 7) is 5.25. The van der Waals surface area contributed by atoms with E-state index in [4.69, 9.17) is 0 Å². The van der Waals surface area contributed by atoms with Crippen LogP contribution in [0.1, 0.15) is 44.7 Å². The van der Waals surface area contributed by atoms with Crippen LogP contribution in [0.4, 0.5) is 0 Å². The van der Waals surface area contributed by atoms with E-state index in [1.807, 2.05) is 35.0 Å². The lowest BCUT2D eigenvalue weighted by molar-refractivity contribution is -0.126. The van der Waals surface area contributed by atoms with E-state index < -0.39 is 10.0 Å². The number of sulfonamides is 1. The standard InChI is InChI=1S/C23H29N5O3S/c1-3-17(2)28-22-10-9-20(15-21(22)25-26-28)32(30,31)27-13-11-19(12-14-27)23(29)24-16-18-7-5-4-6-8-18/h4-10,15,17,19H,3,11-14,16H2,1-2H3,(H,24,29)/t17-/m1/s1. The van der Waals surface area contributed by atoms with Crippen LogP contribution in [-0.2, 0) is 21.4 Å². The average molecular weight is 456 g/mol. The molecule has 0 saturated carbocycles. The molecule has 0 unspecified atom stereocenters. The Bertz CT molecular complexity index is 1180. The monoisotopic (exact) mass is 455 g/mol. The highest BCUT2D eigenvalue weighted by Crippen LogP contribution is 2.27. The number of benzene rings is 2. The smallest absolute Gasteiger partial charge is 0.243 e. The second kappa shape index (κ2) is 9.38. The molecule has 3 aromatic rings. The van der Waals surface area contributed by atoms with Crippen LogP contribution >= 0.6 is 0 Å². The first-order valence-electron chi connectivity index (χ1n) is 11.1. The number of rotatable bonds is 7. The first-order valence-corrected chi connectivity index (χ1v) is 12.5. The summed E-state index contributed by atoms with van der Waals surface area (Å²) in [6.07, 6.45) is 1.92. The fraction of sp³-hybridized carbons (Fsp3) is 0.435. The molecule has 0 spiro atoms. The van der Waals surface area contributed by atoms with E-state index in [0.29, 0.717) is 38.0 Å². The minimum atomic E-state index is -3.65. The second-order valence-corrected chi connectivity index (χ2v) is 10.3. The lowest BCUT2D eigenvalue weighted by Gasteiger charge is -2.30. The van der Waals surface area contributed by atoms with Gasteiger partial charge in [0.1, 0.15) is 5.52 Å². The largest absolute Gasteiger partial charge is 0.352 e. The number of nitrogens with one attached hydrogen (secondary N) is 1. The van der Waals surface area contributed by atoms with Crippen LogP contribution < -0.4 is 5.32 Å².